The molecule has 0 aliphatic heterocycles. The van der Waals surface area contributed by atoms with Crippen molar-refractivity contribution in [3.05, 3.63) is 30.3 Å². The van der Waals surface area contributed by atoms with Crippen LogP contribution in [0.2, 0.25) is 0 Å². The van der Waals surface area contributed by atoms with Crippen LogP contribution in [0.4, 0.5) is 0 Å². The fourth-order valence-corrected chi connectivity index (χ4v) is 2.44. The van der Waals surface area contributed by atoms with Crippen molar-refractivity contribution in [2.45, 2.75) is 0 Å². The van der Waals surface area contributed by atoms with E-state index in [-0.39, 0.29) is 0 Å². The quantitative estimate of drug-likeness (QED) is 0.754. The highest BCUT2D eigenvalue weighted by atomic mass is 79.9. The summed E-state index contributed by atoms with van der Waals surface area (Å²) in [6, 6.07) is 10.2. The van der Waals surface area contributed by atoms with Crippen LogP contribution in [0.3, 0.4) is 0 Å². The molecule has 1 nitrogen and oxygen atoms in total. The largest absolute Gasteiger partial charge is 0.353 e. The molecule has 62 valence electrons. The minimum Gasteiger partial charge on any atom is -0.353 e. The Kier molecular flexibility index (Phi) is 2.40. The molecule has 0 amide bonds. The molecule has 0 aliphatic rings. The Labute approximate surface area is 84.4 Å². The third-order valence-electron chi connectivity index (χ3n) is 1.70. The topological polar surface area (TPSA) is 15.8 Å². The molecule has 0 spiro atoms. The van der Waals surface area contributed by atoms with Crippen molar-refractivity contribution in [3.63, 3.8) is 0 Å². The Balaban J connectivity index is 2.62. The van der Waals surface area contributed by atoms with Gasteiger partial charge in [0.2, 0.25) is 0 Å². The van der Waals surface area contributed by atoms with Crippen molar-refractivity contribution in [2.24, 2.45) is 0 Å². The van der Waals surface area contributed by atoms with E-state index < -0.39 is 5.98 Å². The molecule has 0 saturated carbocycles. The lowest BCUT2D eigenvalue weighted by atomic mass is 10.3. The van der Waals surface area contributed by atoms with Crippen molar-refractivity contribution < 1.29 is 0 Å². The molecule has 0 fully saturated rings. The summed E-state index contributed by atoms with van der Waals surface area (Å²) in [5.41, 5.74) is 2.20. The van der Waals surface area contributed by atoms with Crippen LogP contribution in [-0.2, 0) is 0 Å². The molecule has 12 heavy (non-hydrogen) atoms. The fraction of sp³-hybridized carbons (Fsp3) is 0. The second-order valence-electron chi connectivity index (χ2n) is 2.47. The number of nitrogens with one attached hydrogen (secondary N) is 1. The van der Waals surface area contributed by atoms with Gasteiger partial charge in [0.05, 0.1) is 5.44 Å². The van der Waals surface area contributed by atoms with E-state index in [1.54, 1.807) is 0 Å². The predicted octanol–water partition coefficient (Wildman–Crippen LogP) is 3.74. The molecular weight excluding hydrogens is 256 g/mol. The number of hydrogen-bond donors (Lipinski definition) is 1. The molecule has 2 rings (SSSR count). The van der Waals surface area contributed by atoms with Gasteiger partial charge in [0.15, 0.2) is 0 Å². The minimum atomic E-state index is -0.713. The van der Waals surface area contributed by atoms with Gasteiger partial charge in [-0.1, -0.05) is 29.4 Å². The highest BCUT2D eigenvalue weighted by Gasteiger charge is 2.05. The predicted molar refractivity (Wildman–Crippen MR) is 59.6 cm³/mol. The van der Waals surface area contributed by atoms with Gasteiger partial charge in [0.1, 0.15) is 5.98 Å². The van der Waals surface area contributed by atoms with Crippen LogP contribution in [0, 0.1) is 0 Å². The normalized spacial score (nSPS) is 13.5. The average Bonchev–Trinajstić information content (AvgIpc) is 2.46. The summed E-state index contributed by atoms with van der Waals surface area (Å²) in [7, 11) is 0. The van der Waals surface area contributed by atoms with Gasteiger partial charge < -0.3 is 4.98 Å². The molecule has 1 N–H and O–H groups in total. The van der Waals surface area contributed by atoms with Crippen LogP contribution in [-0.4, -0.2) is 4.98 Å². The summed E-state index contributed by atoms with van der Waals surface area (Å²) < 4.78 is 0. The number of H-pyrrole nitrogens is 1. The first-order chi connectivity index (χ1) is 5.77. The lowest BCUT2D eigenvalue weighted by Crippen LogP contribution is -1.91. The molecule has 1 aromatic carbocycles. The van der Waals surface area contributed by atoms with E-state index in [9.17, 15) is 0 Å². The summed E-state index contributed by atoms with van der Waals surface area (Å²) in [5.74, 6) is -0.713. The van der Waals surface area contributed by atoms with Crippen LogP contribution in [0.15, 0.2) is 30.3 Å². The molecule has 1 aromatic heterocycles. The highest BCUT2D eigenvalue weighted by Crippen LogP contribution is 2.48. The molecule has 1 unspecified atom stereocenters. The van der Waals surface area contributed by atoms with Gasteiger partial charge in [-0.05, 0) is 27.6 Å². The molecule has 4 heteroatoms. The van der Waals surface area contributed by atoms with Crippen molar-refractivity contribution in [2.75, 3.05) is 0 Å². The molecule has 0 saturated heterocycles. The second-order valence-corrected chi connectivity index (χ2v) is 7.79. The van der Waals surface area contributed by atoms with Crippen LogP contribution in [0.1, 0.15) is 0 Å². The van der Waals surface area contributed by atoms with Gasteiger partial charge in [0, 0.05) is 10.9 Å². The first kappa shape index (κ1) is 8.55. The van der Waals surface area contributed by atoms with Crippen LogP contribution >= 0.6 is 32.7 Å². The van der Waals surface area contributed by atoms with E-state index in [4.69, 9.17) is 11.2 Å². The van der Waals surface area contributed by atoms with E-state index in [0.29, 0.717) is 0 Å². The smallest absolute Gasteiger partial charge is 0.108 e. The molecule has 0 aliphatic carbocycles. The summed E-state index contributed by atoms with van der Waals surface area (Å²) >= 11 is 9.28. The van der Waals surface area contributed by atoms with E-state index in [1.807, 2.05) is 18.2 Å². The Morgan fingerprint density at radius 3 is 2.75 bits per heavy atom. The third kappa shape index (κ3) is 1.52. The van der Waals surface area contributed by atoms with Crippen LogP contribution in [0.25, 0.3) is 10.9 Å². The Hall–Kier alpha value is -0.0400. The standard InChI is InChI=1S/C8H6BrClNP/c9-12(10)8-5-6-3-1-2-4-7(6)11-8/h1-5,11H. The average molecular weight is 262 g/mol. The Morgan fingerprint density at radius 1 is 1.33 bits per heavy atom. The van der Waals surface area contributed by atoms with Crippen molar-refractivity contribution in [1.29, 1.82) is 0 Å². The maximum atomic E-state index is 5.92. The zero-order valence-electron chi connectivity index (χ0n) is 6.09. The van der Waals surface area contributed by atoms with Crippen molar-refractivity contribution in [3.8, 4) is 0 Å². The zero-order valence-corrected chi connectivity index (χ0v) is 9.33. The number of halogens is 2. The van der Waals surface area contributed by atoms with Gasteiger partial charge in [-0.25, -0.2) is 0 Å². The Bertz CT molecular complexity index is 366. The number of hydrogen-bond acceptors (Lipinski definition) is 0. The maximum absolute atomic E-state index is 5.92. The molecular formula is C8H6BrClNP. The Morgan fingerprint density at radius 2 is 2.08 bits per heavy atom. The number of aromatic amines is 1. The zero-order chi connectivity index (χ0) is 8.55. The van der Waals surface area contributed by atoms with Crippen molar-refractivity contribution in [1.82, 2.24) is 4.98 Å². The summed E-state index contributed by atoms with van der Waals surface area (Å²) in [6.45, 7) is 0. The fourth-order valence-electron chi connectivity index (χ4n) is 1.15. The van der Waals surface area contributed by atoms with E-state index in [0.717, 1.165) is 11.0 Å². The lowest BCUT2D eigenvalue weighted by molar-refractivity contribution is 1.55. The second kappa shape index (κ2) is 3.37. The monoisotopic (exact) mass is 261 g/mol. The summed E-state index contributed by atoms with van der Waals surface area (Å²) in [5, 5.41) is 1.21. The van der Waals surface area contributed by atoms with Gasteiger partial charge in [0.25, 0.3) is 0 Å². The lowest BCUT2D eigenvalue weighted by Gasteiger charge is -1.92. The van der Waals surface area contributed by atoms with E-state index in [2.05, 4.69) is 32.6 Å². The number of benzene rings is 1. The number of fused-ring (bicyclic) bond motifs is 1. The molecule has 0 bridgehead atoms. The number of para-hydroxylation sites is 1. The van der Waals surface area contributed by atoms with Gasteiger partial charge >= 0.3 is 0 Å². The molecule has 2 aromatic rings. The van der Waals surface area contributed by atoms with Crippen LogP contribution in [0.5, 0.6) is 0 Å². The SMILES string of the molecule is ClP(Br)c1cc2ccccc2[nH]1. The third-order valence-corrected chi connectivity index (χ3v) is 4.00. The summed E-state index contributed by atoms with van der Waals surface area (Å²) in [6.07, 6.45) is 0. The number of aromatic nitrogens is 1. The first-order valence-corrected chi connectivity index (χ1v) is 7.73. The number of rotatable bonds is 1. The van der Waals surface area contributed by atoms with Crippen LogP contribution < -0.4 is 5.44 Å². The molecule has 1 atom stereocenters. The first-order valence-electron chi connectivity index (χ1n) is 3.47. The van der Waals surface area contributed by atoms with E-state index >= 15 is 0 Å². The molecule has 1 heterocycles. The minimum absolute atomic E-state index is 0.713. The summed E-state index contributed by atoms with van der Waals surface area (Å²) in [4.78, 5) is 3.24. The van der Waals surface area contributed by atoms with Gasteiger partial charge in [-0.3, -0.25) is 0 Å². The van der Waals surface area contributed by atoms with Gasteiger partial charge in [-0.2, -0.15) is 0 Å². The van der Waals surface area contributed by atoms with Crippen molar-refractivity contribution >= 4 is 49.0 Å². The molecule has 0 radical (unpaired) electrons. The van der Waals surface area contributed by atoms with Gasteiger partial charge in [-0.15, -0.1) is 0 Å². The maximum Gasteiger partial charge on any atom is 0.108 e. The van der Waals surface area contributed by atoms with E-state index in [1.165, 1.54) is 5.39 Å². The highest BCUT2D eigenvalue weighted by molar-refractivity contribution is 9.42.